The van der Waals surface area contributed by atoms with Crippen molar-refractivity contribution in [1.29, 1.82) is 0 Å². The summed E-state index contributed by atoms with van der Waals surface area (Å²) in [5.74, 6) is 0.466. The van der Waals surface area contributed by atoms with E-state index in [1.165, 1.54) is 5.56 Å². The van der Waals surface area contributed by atoms with E-state index in [4.69, 9.17) is 0 Å². The molecule has 1 unspecified atom stereocenters. The molecular weight excluding hydrogens is 414 g/mol. The molecule has 0 radical (unpaired) electrons. The molecule has 7 heteroatoms. The predicted molar refractivity (Wildman–Crippen MR) is 124 cm³/mol. The first-order chi connectivity index (χ1) is 16.1. The van der Waals surface area contributed by atoms with Crippen molar-refractivity contribution in [3.63, 3.8) is 0 Å². The fourth-order valence-electron chi connectivity index (χ4n) is 5.47. The minimum atomic E-state index is -0.647. The molecule has 1 saturated heterocycles. The summed E-state index contributed by atoms with van der Waals surface area (Å²) in [5.41, 5.74) is 4.02. The molecule has 1 fully saturated rings. The van der Waals surface area contributed by atoms with Gasteiger partial charge in [0.1, 0.15) is 11.5 Å². The second kappa shape index (κ2) is 7.78. The molecule has 166 valence electrons. The molecule has 1 aromatic carbocycles. The first-order valence-corrected chi connectivity index (χ1v) is 11.4. The number of rotatable bonds is 4. The standard InChI is InChI=1S/C26H25N5O2/c32-24(29-20-8-10-31(16-20)15-17-5-2-1-3-6-17)22-11-18-12-26(13-19(18)14-28-22)21-7-4-9-27-23(21)30-25(26)33/h1-7,9,11,14,20H,8,10,12-13,15-16H2,(H,29,32)(H,27,30,33)/t20-,26?/m1/s1. The second-order valence-electron chi connectivity index (χ2n) is 9.31. The second-order valence-corrected chi connectivity index (χ2v) is 9.31. The number of fused-ring (bicyclic) bond motifs is 3. The molecule has 33 heavy (non-hydrogen) atoms. The van der Waals surface area contributed by atoms with E-state index in [0.717, 1.165) is 42.7 Å². The van der Waals surface area contributed by atoms with E-state index in [1.807, 2.05) is 24.3 Å². The monoisotopic (exact) mass is 439 g/mol. The third-order valence-corrected chi connectivity index (χ3v) is 7.15. The summed E-state index contributed by atoms with van der Waals surface area (Å²) < 4.78 is 0. The molecular formula is C26H25N5O2. The van der Waals surface area contributed by atoms with E-state index in [1.54, 1.807) is 12.4 Å². The van der Waals surface area contributed by atoms with Crippen molar-refractivity contribution >= 4 is 17.6 Å². The molecule has 2 aromatic heterocycles. The predicted octanol–water partition coefficient (Wildman–Crippen LogP) is 2.47. The molecule has 2 atom stereocenters. The van der Waals surface area contributed by atoms with Crippen molar-refractivity contribution in [3.8, 4) is 0 Å². The number of carbonyl (C=O) groups is 2. The lowest BCUT2D eigenvalue weighted by atomic mass is 9.79. The quantitative estimate of drug-likeness (QED) is 0.652. The Morgan fingerprint density at radius 2 is 1.97 bits per heavy atom. The van der Waals surface area contributed by atoms with Crippen LogP contribution in [0.5, 0.6) is 0 Å². The fraction of sp³-hybridized carbons (Fsp3) is 0.308. The number of anilines is 1. The van der Waals surface area contributed by atoms with Crippen LogP contribution in [0.2, 0.25) is 0 Å². The van der Waals surface area contributed by atoms with Crippen molar-refractivity contribution in [2.75, 3.05) is 18.4 Å². The average Bonchev–Trinajstić information content (AvgIpc) is 3.51. The van der Waals surface area contributed by atoms with Gasteiger partial charge in [-0.1, -0.05) is 36.4 Å². The smallest absolute Gasteiger partial charge is 0.270 e. The Kier molecular flexibility index (Phi) is 4.73. The molecule has 0 saturated carbocycles. The first kappa shape index (κ1) is 20.1. The van der Waals surface area contributed by atoms with Gasteiger partial charge in [0.05, 0.1) is 5.41 Å². The number of hydrogen-bond acceptors (Lipinski definition) is 5. The molecule has 1 spiro atoms. The lowest BCUT2D eigenvalue weighted by Gasteiger charge is -2.20. The average molecular weight is 440 g/mol. The topological polar surface area (TPSA) is 87.2 Å². The summed E-state index contributed by atoms with van der Waals surface area (Å²) in [4.78, 5) is 37.0. The van der Waals surface area contributed by atoms with Gasteiger partial charge < -0.3 is 10.6 Å². The van der Waals surface area contributed by atoms with Crippen LogP contribution in [0.3, 0.4) is 0 Å². The molecule has 6 rings (SSSR count). The van der Waals surface area contributed by atoms with E-state index >= 15 is 0 Å². The molecule has 3 aromatic rings. The highest BCUT2D eigenvalue weighted by Gasteiger charge is 2.51. The number of nitrogens with zero attached hydrogens (tertiary/aromatic N) is 3. The van der Waals surface area contributed by atoms with Gasteiger partial charge in [0.2, 0.25) is 5.91 Å². The SMILES string of the molecule is O=C(N[C@@H]1CCN(Cc2ccccc2)C1)c1cc2c(cn1)CC1(C2)C(=O)Nc2ncccc21. The maximum Gasteiger partial charge on any atom is 0.270 e. The minimum Gasteiger partial charge on any atom is -0.347 e. The van der Waals surface area contributed by atoms with E-state index in [9.17, 15) is 9.59 Å². The normalized spacial score (nSPS) is 23.4. The third-order valence-electron chi connectivity index (χ3n) is 7.15. The Hall–Kier alpha value is -3.58. The highest BCUT2D eigenvalue weighted by atomic mass is 16.2. The number of carbonyl (C=O) groups excluding carboxylic acids is 2. The fourth-order valence-corrected chi connectivity index (χ4v) is 5.47. The van der Waals surface area contributed by atoms with E-state index in [-0.39, 0.29) is 17.9 Å². The Morgan fingerprint density at radius 1 is 1.12 bits per heavy atom. The van der Waals surface area contributed by atoms with Gasteiger partial charge in [-0.25, -0.2) is 4.98 Å². The number of pyridine rings is 2. The minimum absolute atomic E-state index is 0.0251. The summed E-state index contributed by atoms with van der Waals surface area (Å²) in [6.07, 6.45) is 5.52. The van der Waals surface area contributed by atoms with E-state index in [0.29, 0.717) is 24.4 Å². The summed E-state index contributed by atoms with van der Waals surface area (Å²) in [6, 6.07) is 16.2. The van der Waals surface area contributed by atoms with E-state index < -0.39 is 5.41 Å². The Morgan fingerprint density at radius 3 is 2.85 bits per heavy atom. The summed E-state index contributed by atoms with van der Waals surface area (Å²) in [6.45, 7) is 2.69. The van der Waals surface area contributed by atoms with Gasteiger partial charge >= 0.3 is 0 Å². The van der Waals surface area contributed by atoms with Crippen molar-refractivity contribution in [2.45, 2.75) is 37.3 Å². The summed E-state index contributed by atoms with van der Waals surface area (Å²) in [7, 11) is 0. The van der Waals surface area contributed by atoms with Gasteiger partial charge in [-0.05, 0) is 48.1 Å². The van der Waals surface area contributed by atoms with Crippen LogP contribution in [0.1, 0.15) is 39.2 Å². The number of nitrogens with one attached hydrogen (secondary N) is 2. The van der Waals surface area contributed by atoms with Crippen LogP contribution < -0.4 is 10.6 Å². The zero-order valence-electron chi connectivity index (χ0n) is 18.3. The van der Waals surface area contributed by atoms with Gasteiger partial charge in [0.15, 0.2) is 0 Å². The molecule has 2 aliphatic heterocycles. The Labute approximate surface area is 192 Å². The highest BCUT2D eigenvalue weighted by molar-refractivity contribution is 6.06. The van der Waals surface area contributed by atoms with Gasteiger partial charge in [0, 0.05) is 43.6 Å². The maximum absolute atomic E-state index is 13.0. The molecule has 7 nitrogen and oxygen atoms in total. The molecule has 2 N–H and O–H groups in total. The number of hydrogen-bond donors (Lipinski definition) is 2. The van der Waals surface area contributed by atoms with Gasteiger partial charge in [-0.3, -0.25) is 19.5 Å². The largest absolute Gasteiger partial charge is 0.347 e. The zero-order chi connectivity index (χ0) is 22.4. The van der Waals surface area contributed by atoms with Crippen molar-refractivity contribution in [2.24, 2.45) is 0 Å². The molecule has 2 amide bonds. The Bertz CT molecular complexity index is 1240. The lowest BCUT2D eigenvalue weighted by Crippen LogP contribution is -2.37. The lowest BCUT2D eigenvalue weighted by molar-refractivity contribution is -0.120. The highest BCUT2D eigenvalue weighted by Crippen LogP contribution is 2.46. The molecule has 4 heterocycles. The van der Waals surface area contributed by atoms with E-state index in [2.05, 4.69) is 49.8 Å². The van der Waals surface area contributed by atoms with Crippen molar-refractivity contribution < 1.29 is 9.59 Å². The van der Waals surface area contributed by atoms with Crippen LogP contribution in [0.15, 0.2) is 60.9 Å². The molecule has 1 aliphatic carbocycles. The number of benzene rings is 1. The number of aromatic nitrogens is 2. The van der Waals surface area contributed by atoms with Gasteiger partial charge in [0.25, 0.3) is 5.91 Å². The summed E-state index contributed by atoms with van der Waals surface area (Å²) >= 11 is 0. The Balaban J connectivity index is 1.14. The molecule has 0 bridgehead atoms. The first-order valence-electron chi connectivity index (χ1n) is 11.4. The van der Waals surface area contributed by atoms with Crippen molar-refractivity contribution in [3.05, 3.63) is 88.9 Å². The van der Waals surface area contributed by atoms with Crippen LogP contribution in [0.25, 0.3) is 0 Å². The van der Waals surface area contributed by atoms with Gasteiger partial charge in [-0.2, -0.15) is 0 Å². The molecule has 3 aliphatic rings. The van der Waals surface area contributed by atoms with Crippen LogP contribution in [0.4, 0.5) is 5.82 Å². The third kappa shape index (κ3) is 3.49. The van der Waals surface area contributed by atoms with Crippen LogP contribution in [-0.2, 0) is 29.6 Å². The number of likely N-dealkylation sites (tertiary alicyclic amines) is 1. The van der Waals surface area contributed by atoms with Crippen molar-refractivity contribution in [1.82, 2.24) is 20.2 Å². The maximum atomic E-state index is 13.0. The zero-order valence-corrected chi connectivity index (χ0v) is 18.3. The van der Waals surface area contributed by atoms with Crippen LogP contribution in [-0.4, -0.2) is 45.8 Å². The summed E-state index contributed by atoms with van der Waals surface area (Å²) in [5, 5.41) is 6.07. The van der Waals surface area contributed by atoms with Gasteiger partial charge in [-0.15, -0.1) is 0 Å². The van der Waals surface area contributed by atoms with Crippen LogP contribution in [0, 0.1) is 0 Å². The van der Waals surface area contributed by atoms with Crippen LogP contribution >= 0.6 is 0 Å². The number of amides is 2.